The van der Waals surface area contributed by atoms with Crippen molar-refractivity contribution in [3.63, 3.8) is 0 Å². The Hall–Kier alpha value is -1.76. The zero-order valence-corrected chi connectivity index (χ0v) is 12.8. The summed E-state index contributed by atoms with van der Waals surface area (Å²) in [6.45, 7) is 9.92. The number of hydrogen-bond acceptors (Lipinski definition) is 1. The number of benzene rings is 2. The van der Waals surface area contributed by atoms with Gasteiger partial charge in [-0.3, -0.25) is 0 Å². The SMILES string of the molecule is CC(C)c1ccc2c(c1)CNc1cc(C(C)C)ccc1-2. The molecule has 1 aliphatic heterocycles. The monoisotopic (exact) mass is 265 g/mol. The minimum atomic E-state index is 0.576. The molecule has 0 bridgehead atoms. The second-order valence-electron chi connectivity index (χ2n) is 6.38. The standard InChI is InChI=1S/C19H23N/c1-12(2)14-5-7-17-16(9-14)11-20-19-10-15(13(3)4)6-8-18(17)19/h5-10,12-13,20H,11H2,1-4H3. The molecule has 0 aliphatic carbocycles. The van der Waals surface area contributed by atoms with E-state index < -0.39 is 0 Å². The molecule has 0 aromatic heterocycles. The number of rotatable bonds is 2. The molecule has 0 radical (unpaired) electrons. The van der Waals surface area contributed by atoms with Crippen molar-refractivity contribution >= 4 is 5.69 Å². The van der Waals surface area contributed by atoms with Crippen LogP contribution in [0, 0.1) is 0 Å². The van der Waals surface area contributed by atoms with E-state index in [1.165, 1.54) is 33.5 Å². The molecule has 1 N–H and O–H groups in total. The molecule has 1 nitrogen and oxygen atoms in total. The number of anilines is 1. The highest BCUT2D eigenvalue weighted by molar-refractivity contribution is 5.83. The molecule has 0 spiro atoms. The van der Waals surface area contributed by atoms with Crippen LogP contribution >= 0.6 is 0 Å². The lowest BCUT2D eigenvalue weighted by Gasteiger charge is -2.24. The van der Waals surface area contributed by atoms with E-state index in [1.807, 2.05) is 0 Å². The highest BCUT2D eigenvalue weighted by atomic mass is 14.9. The van der Waals surface area contributed by atoms with Crippen LogP contribution in [0.5, 0.6) is 0 Å². The molecular weight excluding hydrogens is 242 g/mol. The number of nitrogens with one attached hydrogen (secondary N) is 1. The summed E-state index contributed by atoms with van der Waals surface area (Å²) in [7, 11) is 0. The van der Waals surface area contributed by atoms with Crippen molar-refractivity contribution in [1.82, 2.24) is 0 Å². The van der Waals surface area contributed by atoms with Gasteiger partial charge >= 0.3 is 0 Å². The Bertz CT molecular complexity index is 581. The van der Waals surface area contributed by atoms with Crippen LogP contribution in [-0.4, -0.2) is 0 Å². The van der Waals surface area contributed by atoms with E-state index in [1.54, 1.807) is 0 Å². The van der Waals surface area contributed by atoms with Crippen LogP contribution in [0.2, 0.25) is 0 Å². The Kier molecular flexibility index (Phi) is 3.29. The first-order valence-electron chi connectivity index (χ1n) is 7.57. The first-order valence-corrected chi connectivity index (χ1v) is 7.57. The molecule has 0 saturated heterocycles. The molecule has 0 fully saturated rings. The first kappa shape index (κ1) is 13.2. The highest BCUT2D eigenvalue weighted by Gasteiger charge is 2.17. The molecule has 104 valence electrons. The molecule has 0 saturated carbocycles. The molecule has 1 aliphatic rings. The summed E-state index contributed by atoms with van der Waals surface area (Å²) in [5.41, 5.74) is 8.25. The fraction of sp³-hybridized carbons (Fsp3) is 0.368. The summed E-state index contributed by atoms with van der Waals surface area (Å²) in [6.07, 6.45) is 0. The molecule has 0 atom stereocenters. The molecular formula is C19H23N. The fourth-order valence-electron chi connectivity index (χ4n) is 2.87. The van der Waals surface area contributed by atoms with Crippen LogP contribution in [0.4, 0.5) is 5.69 Å². The molecule has 0 amide bonds. The molecule has 1 heteroatoms. The van der Waals surface area contributed by atoms with E-state index in [-0.39, 0.29) is 0 Å². The average Bonchev–Trinajstić information content (AvgIpc) is 2.45. The zero-order valence-electron chi connectivity index (χ0n) is 12.8. The van der Waals surface area contributed by atoms with Crippen molar-refractivity contribution in [3.05, 3.63) is 53.1 Å². The van der Waals surface area contributed by atoms with Crippen LogP contribution < -0.4 is 5.32 Å². The number of hydrogen-bond donors (Lipinski definition) is 1. The lowest BCUT2D eigenvalue weighted by molar-refractivity contribution is 0.860. The minimum Gasteiger partial charge on any atom is -0.380 e. The van der Waals surface area contributed by atoms with E-state index in [4.69, 9.17) is 0 Å². The maximum Gasteiger partial charge on any atom is 0.0425 e. The summed E-state index contributed by atoms with van der Waals surface area (Å²) >= 11 is 0. The summed E-state index contributed by atoms with van der Waals surface area (Å²) < 4.78 is 0. The Balaban J connectivity index is 2.07. The van der Waals surface area contributed by atoms with Gasteiger partial charge < -0.3 is 5.32 Å². The van der Waals surface area contributed by atoms with Gasteiger partial charge in [-0.1, -0.05) is 58.0 Å². The molecule has 2 aromatic rings. The normalized spacial score (nSPS) is 13.1. The molecule has 1 heterocycles. The van der Waals surface area contributed by atoms with Gasteiger partial charge in [-0.05, 0) is 40.2 Å². The van der Waals surface area contributed by atoms with E-state index >= 15 is 0 Å². The Morgan fingerprint density at radius 1 is 0.800 bits per heavy atom. The van der Waals surface area contributed by atoms with Crippen LogP contribution in [-0.2, 0) is 6.54 Å². The topological polar surface area (TPSA) is 12.0 Å². The van der Waals surface area contributed by atoms with E-state index in [2.05, 4.69) is 69.4 Å². The lowest BCUT2D eigenvalue weighted by Crippen LogP contribution is -2.10. The van der Waals surface area contributed by atoms with Crippen molar-refractivity contribution < 1.29 is 0 Å². The summed E-state index contributed by atoms with van der Waals surface area (Å²) in [6, 6.07) is 13.8. The van der Waals surface area contributed by atoms with Gasteiger partial charge in [-0.15, -0.1) is 0 Å². The zero-order chi connectivity index (χ0) is 14.3. The van der Waals surface area contributed by atoms with Gasteiger partial charge in [0.15, 0.2) is 0 Å². The summed E-state index contributed by atoms with van der Waals surface area (Å²) in [5, 5.41) is 3.58. The molecule has 20 heavy (non-hydrogen) atoms. The maximum atomic E-state index is 3.58. The van der Waals surface area contributed by atoms with Gasteiger partial charge in [0, 0.05) is 17.8 Å². The highest BCUT2D eigenvalue weighted by Crippen LogP contribution is 2.38. The quantitative estimate of drug-likeness (QED) is 0.753. The van der Waals surface area contributed by atoms with Crippen LogP contribution in [0.25, 0.3) is 11.1 Å². The van der Waals surface area contributed by atoms with Gasteiger partial charge in [-0.2, -0.15) is 0 Å². The van der Waals surface area contributed by atoms with Crippen molar-refractivity contribution in [2.24, 2.45) is 0 Å². The second kappa shape index (κ2) is 4.97. The van der Waals surface area contributed by atoms with Gasteiger partial charge in [0.25, 0.3) is 0 Å². The predicted molar refractivity (Wildman–Crippen MR) is 87.4 cm³/mol. The molecule has 3 rings (SSSR count). The second-order valence-corrected chi connectivity index (χ2v) is 6.38. The molecule has 2 aromatic carbocycles. The van der Waals surface area contributed by atoms with Gasteiger partial charge in [0.05, 0.1) is 0 Å². The maximum absolute atomic E-state index is 3.58. The Morgan fingerprint density at radius 2 is 1.40 bits per heavy atom. The predicted octanol–water partition coefficient (Wildman–Crippen LogP) is 5.53. The summed E-state index contributed by atoms with van der Waals surface area (Å²) in [5.74, 6) is 1.16. The third kappa shape index (κ3) is 2.22. The average molecular weight is 265 g/mol. The third-order valence-electron chi connectivity index (χ3n) is 4.27. The van der Waals surface area contributed by atoms with Gasteiger partial charge in [-0.25, -0.2) is 0 Å². The van der Waals surface area contributed by atoms with Gasteiger partial charge in [0.1, 0.15) is 0 Å². The summed E-state index contributed by atoms with van der Waals surface area (Å²) in [4.78, 5) is 0. The number of fused-ring (bicyclic) bond motifs is 3. The van der Waals surface area contributed by atoms with Crippen molar-refractivity contribution in [2.45, 2.75) is 46.1 Å². The van der Waals surface area contributed by atoms with Crippen LogP contribution in [0.1, 0.15) is 56.2 Å². The minimum absolute atomic E-state index is 0.576. The largest absolute Gasteiger partial charge is 0.380 e. The Labute approximate surface area is 122 Å². The smallest absolute Gasteiger partial charge is 0.0425 e. The van der Waals surface area contributed by atoms with Crippen molar-refractivity contribution in [3.8, 4) is 11.1 Å². The van der Waals surface area contributed by atoms with Crippen LogP contribution in [0.15, 0.2) is 36.4 Å². The van der Waals surface area contributed by atoms with E-state index in [9.17, 15) is 0 Å². The van der Waals surface area contributed by atoms with E-state index in [0.717, 1.165) is 6.54 Å². The Morgan fingerprint density at radius 3 is 2.05 bits per heavy atom. The molecule has 0 unspecified atom stereocenters. The third-order valence-corrected chi connectivity index (χ3v) is 4.27. The van der Waals surface area contributed by atoms with Crippen LogP contribution in [0.3, 0.4) is 0 Å². The first-order chi connectivity index (χ1) is 9.56. The lowest BCUT2D eigenvalue weighted by atomic mass is 9.89. The van der Waals surface area contributed by atoms with Crippen molar-refractivity contribution in [1.29, 1.82) is 0 Å². The van der Waals surface area contributed by atoms with Crippen molar-refractivity contribution in [2.75, 3.05) is 5.32 Å². The van der Waals surface area contributed by atoms with E-state index in [0.29, 0.717) is 11.8 Å². The fourth-order valence-corrected chi connectivity index (χ4v) is 2.87. The van der Waals surface area contributed by atoms with Gasteiger partial charge in [0.2, 0.25) is 0 Å².